The quantitative estimate of drug-likeness (QED) is 0.790. The van der Waals surface area contributed by atoms with Crippen molar-refractivity contribution in [2.75, 3.05) is 20.1 Å². The molecule has 19 heavy (non-hydrogen) atoms. The van der Waals surface area contributed by atoms with E-state index in [4.69, 9.17) is 5.73 Å². The van der Waals surface area contributed by atoms with Gasteiger partial charge in [0.25, 0.3) is 0 Å². The van der Waals surface area contributed by atoms with Crippen LogP contribution >= 0.6 is 0 Å². The van der Waals surface area contributed by atoms with Crippen LogP contribution < -0.4 is 10.5 Å². The number of likely N-dealkylation sites (N-methyl/N-ethyl adjacent to an activating group) is 1. The third-order valence-electron chi connectivity index (χ3n) is 3.11. The lowest BCUT2D eigenvalue weighted by atomic mass is 10.1. The summed E-state index contributed by atoms with van der Waals surface area (Å²) in [4.78, 5) is 2.19. The molecule has 1 unspecified atom stereocenters. The van der Waals surface area contributed by atoms with Crippen molar-refractivity contribution in [2.24, 2.45) is 5.73 Å². The van der Waals surface area contributed by atoms with Crippen molar-refractivity contribution in [2.45, 2.75) is 32.4 Å². The number of benzene rings is 1. The van der Waals surface area contributed by atoms with Gasteiger partial charge in [0.2, 0.25) is 0 Å². The van der Waals surface area contributed by atoms with Gasteiger partial charge in [0.1, 0.15) is 5.75 Å². The molecule has 0 saturated heterocycles. The molecular formula is C14H22F2N2O. The Morgan fingerprint density at radius 3 is 2.37 bits per heavy atom. The molecule has 0 bridgehead atoms. The average molecular weight is 272 g/mol. The molecule has 1 aromatic carbocycles. The van der Waals surface area contributed by atoms with E-state index in [1.165, 1.54) is 0 Å². The van der Waals surface area contributed by atoms with E-state index in [-0.39, 0.29) is 11.8 Å². The molecule has 3 nitrogen and oxygen atoms in total. The summed E-state index contributed by atoms with van der Waals surface area (Å²) in [7, 11) is 2.02. The molecule has 0 heterocycles. The van der Waals surface area contributed by atoms with Gasteiger partial charge in [-0.3, -0.25) is 4.90 Å². The highest BCUT2D eigenvalue weighted by atomic mass is 19.3. The first-order valence-electron chi connectivity index (χ1n) is 6.53. The van der Waals surface area contributed by atoms with E-state index in [1.807, 2.05) is 7.05 Å². The van der Waals surface area contributed by atoms with Crippen LogP contribution in [0.1, 0.15) is 31.4 Å². The highest BCUT2D eigenvalue weighted by molar-refractivity contribution is 5.29. The van der Waals surface area contributed by atoms with Crippen LogP contribution in [-0.2, 0) is 0 Å². The van der Waals surface area contributed by atoms with E-state index >= 15 is 0 Å². The lowest BCUT2D eigenvalue weighted by Crippen LogP contribution is -2.31. The largest absolute Gasteiger partial charge is 0.435 e. The summed E-state index contributed by atoms with van der Waals surface area (Å²) in [6.45, 7) is 0.813. The molecule has 1 rings (SSSR count). The van der Waals surface area contributed by atoms with Crippen molar-refractivity contribution in [3.63, 3.8) is 0 Å². The minimum absolute atomic E-state index is 0.104. The van der Waals surface area contributed by atoms with Gasteiger partial charge in [-0.2, -0.15) is 8.78 Å². The Hall–Kier alpha value is -1.20. The Bertz CT molecular complexity index is 357. The fraction of sp³-hybridized carbons (Fsp3) is 0.571. The first-order valence-corrected chi connectivity index (χ1v) is 6.53. The SMILES string of the molecule is CCCCN(C)C(CN)c1ccc(OC(F)F)cc1. The van der Waals surface area contributed by atoms with Crippen molar-refractivity contribution in [1.29, 1.82) is 0 Å². The number of ether oxygens (including phenoxy) is 1. The number of halogens is 2. The summed E-state index contributed by atoms with van der Waals surface area (Å²) < 4.78 is 28.5. The second-order valence-corrected chi connectivity index (χ2v) is 4.53. The summed E-state index contributed by atoms with van der Waals surface area (Å²) in [5.41, 5.74) is 6.82. The number of rotatable bonds is 8. The van der Waals surface area contributed by atoms with Crippen molar-refractivity contribution in [3.05, 3.63) is 29.8 Å². The fourth-order valence-electron chi connectivity index (χ4n) is 2.01. The van der Waals surface area contributed by atoms with Gasteiger partial charge in [-0.15, -0.1) is 0 Å². The molecular weight excluding hydrogens is 250 g/mol. The molecule has 2 N–H and O–H groups in total. The van der Waals surface area contributed by atoms with Gasteiger partial charge in [-0.1, -0.05) is 25.5 Å². The van der Waals surface area contributed by atoms with Crippen molar-refractivity contribution in [3.8, 4) is 5.75 Å². The summed E-state index contributed by atoms with van der Waals surface area (Å²) in [5.74, 6) is 0.172. The number of hydrogen-bond donors (Lipinski definition) is 1. The van der Waals surface area contributed by atoms with Gasteiger partial charge in [-0.05, 0) is 37.7 Å². The lowest BCUT2D eigenvalue weighted by molar-refractivity contribution is -0.0498. The maximum Gasteiger partial charge on any atom is 0.387 e. The minimum Gasteiger partial charge on any atom is -0.435 e. The van der Waals surface area contributed by atoms with Crippen molar-refractivity contribution in [1.82, 2.24) is 4.90 Å². The highest BCUT2D eigenvalue weighted by Gasteiger charge is 2.15. The molecule has 0 fully saturated rings. The Morgan fingerprint density at radius 1 is 1.26 bits per heavy atom. The Labute approximate surface area is 113 Å². The van der Waals surface area contributed by atoms with E-state index in [9.17, 15) is 8.78 Å². The fourth-order valence-corrected chi connectivity index (χ4v) is 2.01. The van der Waals surface area contributed by atoms with Crippen LogP contribution in [0.3, 0.4) is 0 Å². The molecule has 0 spiro atoms. The van der Waals surface area contributed by atoms with E-state index in [0.717, 1.165) is 24.9 Å². The smallest absolute Gasteiger partial charge is 0.387 e. The molecule has 0 aliphatic rings. The number of unbranched alkanes of at least 4 members (excludes halogenated alkanes) is 1. The number of hydrogen-bond acceptors (Lipinski definition) is 3. The molecule has 0 aliphatic heterocycles. The molecule has 0 aromatic heterocycles. The molecule has 0 amide bonds. The first-order chi connectivity index (χ1) is 9.08. The second kappa shape index (κ2) is 8.07. The standard InChI is InChI=1S/C14H22F2N2O/c1-3-4-9-18(2)13(10-17)11-5-7-12(8-6-11)19-14(15)16/h5-8,13-14H,3-4,9-10,17H2,1-2H3. The normalized spacial score (nSPS) is 13.0. The predicted molar refractivity (Wildman–Crippen MR) is 72.4 cm³/mol. The zero-order chi connectivity index (χ0) is 14.3. The Morgan fingerprint density at radius 2 is 1.89 bits per heavy atom. The van der Waals surface area contributed by atoms with Crippen LogP contribution in [0, 0.1) is 0 Å². The Balaban J connectivity index is 2.70. The van der Waals surface area contributed by atoms with Crippen molar-refractivity contribution >= 4 is 0 Å². The van der Waals surface area contributed by atoms with Gasteiger partial charge in [0, 0.05) is 12.6 Å². The number of alkyl halides is 2. The second-order valence-electron chi connectivity index (χ2n) is 4.53. The van der Waals surface area contributed by atoms with Crippen molar-refractivity contribution < 1.29 is 13.5 Å². The van der Waals surface area contributed by atoms with Crippen LogP contribution in [0.15, 0.2) is 24.3 Å². The first kappa shape index (κ1) is 15.9. The summed E-state index contributed by atoms with van der Waals surface area (Å²) in [6, 6.07) is 6.79. The van der Waals surface area contributed by atoms with Gasteiger partial charge < -0.3 is 10.5 Å². The van der Waals surface area contributed by atoms with Gasteiger partial charge >= 0.3 is 6.61 Å². The van der Waals surface area contributed by atoms with Gasteiger partial charge in [0.15, 0.2) is 0 Å². The van der Waals surface area contributed by atoms with Crippen LogP contribution in [0.25, 0.3) is 0 Å². The van der Waals surface area contributed by atoms with E-state index < -0.39 is 6.61 Å². The zero-order valence-electron chi connectivity index (χ0n) is 11.5. The third-order valence-corrected chi connectivity index (χ3v) is 3.11. The highest BCUT2D eigenvalue weighted by Crippen LogP contribution is 2.22. The summed E-state index contributed by atoms with van der Waals surface area (Å²) in [5, 5.41) is 0. The lowest BCUT2D eigenvalue weighted by Gasteiger charge is -2.27. The molecule has 0 radical (unpaired) electrons. The van der Waals surface area contributed by atoms with Crippen LogP contribution in [0.2, 0.25) is 0 Å². The molecule has 1 aromatic rings. The maximum absolute atomic E-state index is 12.1. The number of nitrogens with zero attached hydrogens (tertiary/aromatic N) is 1. The summed E-state index contributed by atoms with van der Waals surface area (Å²) in [6.07, 6.45) is 2.24. The van der Waals surface area contributed by atoms with Gasteiger partial charge in [0.05, 0.1) is 0 Å². The molecule has 108 valence electrons. The zero-order valence-corrected chi connectivity index (χ0v) is 11.5. The third kappa shape index (κ3) is 5.12. The Kier molecular flexibility index (Phi) is 6.73. The molecule has 0 saturated carbocycles. The average Bonchev–Trinajstić information content (AvgIpc) is 2.38. The predicted octanol–water partition coefficient (Wildman–Crippen LogP) is 3.02. The topological polar surface area (TPSA) is 38.5 Å². The van der Waals surface area contributed by atoms with E-state index in [2.05, 4.69) is 16.6 Å². The minimum atomic E-state index is -2.79. The maximum atomic E-state index is 12.1. The monoisotopic (exact) mass is 272 g/mol. The van der Waals surface area contributed by atoms with Gasteiger partial charge in [-0.25, -0.2) is 0 Å². The summed E-state index contributed by atoms with van der Waals surface area (Å²) >= 11 is 0. The van der Waals surface area contributed by atoms with Crippen LogP contribution in [-0.4, -0.2) is 31.6 Å². The van der Waals surface area contributed by atoms with Crippen LogP contribution in [0.4, 0.5) is 8.78 Å². The van der Waals surface area contributed by atoms with Crippen LogP contribution in [0.5, 0.6) is 5.75 Å². The van der Waals surface area contributed by atoms with E-state index in [1.54, 1.807) is 24.3 Å². The molecule has 0 aliphatic carbocycles. The number of nitrogens with two attached hydrogens (primary N) is 1. The van der Waals surface area contributed by atoms with E-state index in [0.29, 0.717) is 6.54 Å². The molecule has 1 atom stereocenters. The molecule has 5 heteroatoms.